The summed E-state index contributed by atoms with van der Waals surface area (Å²) in [5, 5.41) is 9.34. The molecule has 0 aromatic heterocycles. The molecule has 0 atom stereocenters. The van der Waals surface area contributed by atoms with Gasteiger partial charge in [0.2, 0.25) is 10.0 Å². The van der Waals surface area contributed by atoms with Crippen LogP contribution in [0.15, 0.2) is 40.1 Å². The summed E-state index contributed by atoms with van der Waals surface area (Å²) in [6, 6.07) is 5.48. The number of nitrogens with one attached hydrogen (secondary N) is 1. The van der Waals surface area contributed by atoms with Crippen LogP contribution in [0.1, 0.15) is 27.9 Å². The van der Waals surface area contributed by atoms with Gasteiger partial charge >= 0.3 is 5.97 Å². The quantitative estimate of drug-likeness (QED) is 0.640. The normalized spacial score (nSPS) is 17.2. The van der Waals surface area contributed by atoms with Crippen LogP contribution in [-0.2, 0) is 37.6 Å². The molecule has 9 nitrogen and oxygen atoms in total. The van der Waals surface area contributed by atoms with Crippen LogP contribution in [-0.4, -0.2) is 58.5 Å². The van der Waals surface area contributed by atoms with E-state index in [4.69, 9.17) is 4.74 Å². The average Bonchev–Trinajstić information content (AvgIpc) is 3.23. The molecule has 0 unspecified atom stereocenters. The maximum Gasteiger partial charge on any atom is 0.335 e. The van der Waals surface area contributed by atoms with E-state index < -0.39 is 36.7 Å². The molecular formula is C20H21FN2O7S2. The molecule has 0 saturated carbocycles. The zero-order valence-corrected chi connectivity index (χ0v) is 18.5. The third-order valence-corrected chi connectivity index (χ3v) is 8.84. The molecule has 0 spiro atoms. The largest absolute Gasteiger partial charge is 0.478 e. The monoisotopic (exact) mass is 484 g/mol. The second-order valence-corrected chi connectivity index (χ2v) is 11.1. The molecule has 2 aromatic rings. The maximum absolute atomic E-state index is 14.4. The van der Waals surface area contributed by atoms with E-state index in [2.05, 4.69) is 4.72 Å². The van der Waals surface area contributed by atoms with Gasteiger partial charge < -0.3 is 9.84 Å². The summed E-state index contributed by atoms with van der Waals surface area (Å²) in [6.45, 7) is 0.480. The van der Waals surface area contributed by atoms with E-state index >= 15 is 0 Å². The summed E-state index contributed by atoms with van der Waals surface area (Å²) in [5.74, 6) is -2.26. The first kappa shape index (κ1) is 22.6. The predicted octanol–water partition coefficient (Wildman–Crippen LogP) is 1.83. The lowest BCUT2D eigenvalue weighted by Gasteiger charge is -2.26. The van der Waals surface area contributed by atoms with Gasteiger partial charge in [-0.05, 0) is 60.7 Å². The minimum Gasteiger partial charge on any atom is -0.478 e. The van der Waals surface area contributed by atoms with Crippen LogP contribution in [0.25, 0.3) is 0 Å². The van der Waals surface area contributed by atoms with Gasteiger partial charge in [0.05, 0.1) is 29.4 Å². The third kappa shape index (κ3) is 4.22. The molecule has 4 rings (SSSR count). The highest BCUT2D eigenvalue weighted by molar-refractivity contribution is 7.92. The van der Waals surface area contributed by atoms with Gasteiger partial charge in [0.25, 0.3) is 10.0 Å². The summed E-state index contributed by atoms with van der Waals surface area (Å²) in [4.78, 5) is 10.6. The highest BCUT2D eigenvalue weighted by Gasteiger charge is 2.31. The minimum absolute atomic E-state index is 0.0614. The van der Waals surface area contributed by atoms with E-state index in [-0.39, 0.29) is 42.4 Å². The van der Waals surface area contributed by atoms with E-state index in [9.17, 15) is 31.1 Å². The lowest BCUT2D eigenvalue weighted by molar-refractivity contribution is 0.0696. The van der Waals surface area contributed by atoms with Crippen LogP contribution in [0.4, 0.5) is 10.1 Å². The number of halogens is 1. The van der Waals surface area contributed by atoms with Gasteiger partial charge in [0.1, 0.15) is 10.7 Å². The predicted molar refractivity (Wildman–Crippen MR) is 112 cm³/mol. The fraction of sp³-hybridized carbons (Fsp3) is 0.350. The van der Waals surface area contributed by atoms with Crippen LogP contribution in [0, 0.1) is 5.82 Å². The van der Waals surface area contributed by atoms with Crippen molar-refractivity contribution < 1.29 is 35.9 Å². The van der Waals surface area contributed by atoms with Crippen molar-refractivity contribution in [2.24, 2.45) is 0 Å². The molecule has 2 N–H and O–H groups in total. The van der Waals surface area contributed by atoms with Gasteiger partial charge in [-0.25, -0.2) is 26.0 Å². The second-order valence-electron chi connectivity index (χ2n) is 7.54. The Morgan fingerprint density at radius 1 is 1.03 bits per heavy atom. The number of morpholine rings is 1. The Balaban J connectivity index is 1.71. The molecule has 0 bridgehead atoms. The number of aryl methyl sites for hydroxylation is 1. The number of rotatable bonds is 6. The van der Waals surface area contributed by atoms with Gasteiger partial charge in [-0.15, -0.1) is 0 Å². The van der Waals surface area contributed by atoms with Crippen LogP contribution in [0.2, 0.25) is 0 Å². The Morgan fingerprint density at radius 2 is 1.75 bits per heavy atom. The van der Waals surface area contributed by atoms with Crippen molar-refractivity contribution >= 4 is 31.7 Å². The first-order valence-corrected chi connectivity index (χ1v) is 12.8. The number of carbonyl (C=O) groups is 1. The summed E-state index contributed by atoms with van der Waals surface area (Å²) >= 11 is 0. The number of sulfonamides is 2. The summed E-state index contributed by atoms with van der Waals surface area (Å²) in [6.07, 6.45) is 1.74. The van der Waals surface area contributed by atoms with Crippen LogP contribution in [0.5, 0.6) is 0 Å². The lowest BCUT2D eigenvalue weighted by atomic mass is 10.1. The van der Waals surface area contributed by atoms with E-state index in [1.165, 1.54) is 6.07 Å². The zero-order valence-electron chi connectivity index (χ0n) is 16.9. The van der Waals surface area contributed by atoms with Gasteiger partial charge in [-0.1, -0.05) is 0 Å². The summed E-state index contributed by atoms with van der Waals surface area (Å²) < 4.78 is 74.8. The van der Waals surface area contributed by atoms with E-state index in [1.807, 2.05) is 0 Å². The lowest BCUT2D eigenvalue weighted by Crippen LogP contribution is -2.40. The number of benzene rings is 2. The number of hydrogen-bond acceptors (Lipinski definition) is 6. The van der Waals surface area contributed by atoms with Crippen molar-refractivity contribution in [2.45, 2.75) is 29.1 Å². The molecule has 2 aliphatic rings. The molecule has 0 radical (unpaired) electrons. The molecule has 12 heteroatoms. The molecule has 172 valence electrons. The number of carboxylic acid groups (broad SMARTS) is 1. The smallest absolute Gasteiger partial charge is 0.335 e. The Labute approximate surface area is 184 Å². The molecule has 1 saturated heterocycles. The van der Waals surface area contributed by atoms with Gasteiger partial charge in [0.15, 0.2) is 0 Å². The number of carboxylic acids is 1. The topological polar surface area (TPSA) is 130 Å². The Kier molecular flexibility index (Phi) is 5.96. The fourth-order valence-electron chi connectivity index (χ4n) is 3.93. The van der Waals surface area contributed by atoms with Gasteiger partial charge in [-0.3, -0.25) is 4.72 Å². The number of hydrogen-bond donors (Lipinski definition) is 2. The molecule has 2 aromatic carbocycles. The van der Waals surface area contributed by atoms with Crippen molar-refractivity contribution in [3.63, 3.8) is 0 Å². The summed E-state index contributed by atoms with van der Waals surface area (Å²) in [7, 11) is -8.46. The highest BCUT2D eigenvalue weighted by Crippen LogP contribution is 2.32. The molecule has 1 aliphatic heterocycles. The molecule has 0 amide bonds. The summed E-state index contributed by atoms with van der Waals surface area (Å²) in [5.41, 5.74) is 0.886. The molecule has 32 heavy (non-hydrogen) atoms. The average molecular weight is 485 g/mol. The van der Waals surface area contributed by atoms with Crippen LogP contribution < -0.4 is 4.72 Å². The van der Waals surface area contributed by atoms with E-state index in [1.54, 1.807) is 0 Å². The van der Waals surface area contributed by atoms with Crippen LogP contribution >= 0.6 is 0 Å². The standard InChI is InChI=1S/C20H21FN2O7S2/c21-17-5-4-15(12-19(17)32(28,29)23-6-8-30-9-7-23)22-31(26,27)18-11-14(20(24)25)10-13-2-1-3-16(13)18/h4-5,10-12,22H,1-3,6-9H2,(H,24,25). The molecule has 1 heterocycles. The van der Waals surface area contributed by atoms with E-state index in [0.717, 1.165) is 28.6 Å². The van der Waals surface area contributed by atoms with Gasteiger partial charge in [-0.2, -0.15) is 4.31 Å². The van der Waals surface area contributed by atoms with Crippen molar-refractivity contribution in [3.8, 4) is 0 Å². The Bertz CT molecular complexity index is 1290. The van der Waals surface area contributed by atoms with Crippen molar-refractivity contribution in [2.75, 3.05) is 31.0 Å². The van der Waals surface area contributed by atoms with Crippen molar-refractivity contribution in [1.82, 2.24) is 4.31 Å². The Hall–Kier alpha value is -2.54. The van der Waals surface area contributed by atoms with Crippen molar-refractivity contribution in [3.05, 3.63) is 52.8 Å². The van der Waals surface area contributed by atoms with Gasteiger partial charge in [0, 0.05) is 13.1 Å². The number of fused-ring (bicyclic) bond motifs is 1. The minimum atomic E-state index is -4.26. The first-order chi connectivity index (χ1) is 15.1. The number of anilines is 1. The fourth-order valence-corrected chi connectivity index (χ4v) is 6.81. The SMILES string of the molecule is O=C(O)c1cc2c(c(S(=O)(=O)Nc3ccc(F)c(S(=O)(=O)N4CCOCC4)c3)c1)CCC2. The van der Waals surface area contributed by atoms with Crippen LogP contribution in [0.3, 0.4) is 0 Å². The number of aromatic carboxylic acids is 1. The Morgan fingerprint density at radius 3 is 2.44 bits per heavy atom. The molecule has 1 aliphatic carbocycles. The second kappa shape index (κ2) is 8.43. The third-order valence-electron chi connectivity index (χ3n) is 5.48. The number of nitrogens with zero attached hydrogens (tertiary/aromatic N) is 1. The molecular weight excluding hydrogens is 463 g/mol. The zero-order chi connectivity index (χ0) is 23.1. The number of ether oxygens (including phenoxy) is 1. The van der Waals surface area contributed by atoms with E-state index in [0.29, 0.717) is 30.4 Å². The highest BCUT2D eigenvalue weighted by atomic mass is 32.2. The first-order valence-electron chi connectivity index (χ1n) is 9.89. The van der Waals surface area contributed by atoms with Crippen molar-refractivity contribution in [1.29, 1.82) is 0 Å². The molecule has 1 fully saturated rings. The maximum atomic E-state index is 14.4.